The van der Waals surface area contributed by atoms with E-state index in [-0.39, 0.29) is 0 Å². The Kier molecular flexibility index (Phi) is 3.47. The van der Waals surface area contributed by atoms with Crippen LogP contribution in [0, 0.1) is 6.92 Å². The van der Waals surface area contributed by atoms with Crippen LogP contribution in [0.3, 0.4) is 0 Å². The molecule has 1 aromatic carbocycles. The maximum Gasteiger partial charge on any atom is 0.200 e. The molecule has 2 rings (SSSR count). The zero-order valence-electron chi connectivity index (χ0n) is 10.4. The van der Waals surface area contributed by atoms with Gasteiger partial charge in [0.25, 0.3) is 0 Å². The number of nitrogens with two attached hydrogens (primary N) is 1. The van der Waals surface area contributed by atoms with E-state index in [0.717, 1.165) is 18.5 Å². The van der Waals surface area contributed by atoms with E-state index in [2.05, 4.69) is 40.7 Å². The van der Waals surface area contributed by atoms with Crippen LogP contribution in [-0.2, 0) is 6.42 Å². The molecule has 0 aliphatic heterocycles. The van der Waals surface area contributed by atoms with E-state index in [9.17, 15) is 0 Å². The highest BCUT2D eigenvalue weighted by Crippen LogP contribution is 2.18. The topological polar surface area (TPSA) is 43.8 Å². The molecular weight excluding hydrogens is 210 g/mol. The molecule has 0 radical (unpaired) electrons. The summed E-state index contributed by atoms with van der Waals surface area (Å²) in [6, 6.07) is 10.9. The Morgan fingerprint density at radius 2 is 2.00 bits per heavy atom. The predicted molar refractivity (Wildman–Crippen MR) is 70.9 cm³/mol. The first-order valence-electron chi connectivity index (χ1n) is 6.01. The molecule has 0 saturated heterocycles. The summed E-state index contributed by atoms with van der Waals surface area (Å²) in [5.41, 5.74) is 8.21. The van der Waals surface area contributed by atoms with E-state index in [0.29, 0.717) is 12.0 Å². The van der Waals surface area contributed by atoms with E-state index < -0.39 is 0 Å². The van der Waals surface area contributed by atoms with Gasteiger partial charge in [0.2, 0.25) is 5.95 Å². The molecule has 0 saturated carbocycles. The fraction of sp³-hybridized carbons (Fsp3) is 0.357. The van der Waals surface area contributed by atoms with Gasteiger partial charge >= 0.3 is 0 Å². The molecule has 0 aliphatic carbocycles. The molecule has 3 nitrogen and oxygen atoms in total. The summed E-state index contributed by atoms with van der Waals surface area (Å²) in [6.07, 6.45) is 4.16. The molecule has 0 bridgehead atoms. The third-order valence-corrected chi connectivity index (χ3v) is 3.05. The Hall–Kier alpha value is -1.77. The number of nitrogens with zero attached hydrogens (tertiary/aromatic N) is 2. The van der Waals surface area contributed by atoms with Gasteiger partial charge in [-0.1, -0.05) is 30.3 Å². The van der Waals surface area contributed by atoms with E-state index in [1.807, 2.05) is 19.2 Å². The van der Waals surface area contributed by atoms with E-state index in [4.69, 9.17) is 5.73 Å². The summed E-state index contributed by atoms with van der Waals surface area (Å²) in [4.78, 5) is 4.23. The third-order valence-electron chi connectivity index (χ3n) is 3.05. The molecule has 0 spiro atoms. The molecule has 0 amide bonds. The normalized spacial score (nSPS) is 12.6. The average Bonchev–Trinajstić information content (AvgIpc) is 2.67. The van der Waals surface area contributed by atoms with Crippen molar-refractivity contribution in [2.75, 3.05) is 5.73 Å². The fourth-order valence-electron chi connectivity index (χ4n) is 2.05. The summed E-state index contributed by atoms with van der Waals surface area (Å²) < 4.78 is 2.05. The van der Waals surface area contributed by atoms with Gasteiger partial charge in [-0.25, -0.2) is 4.98 Å². The Morgan fingerprint density at radius 3 is 2.59 bits per heavy atom. The minimum Gasteiger partial charge on any atom is -0.369 e. The van der Waals surface area contributed by atoms with Gasteiger partial charge in [0.1, 0.15) is 0 Å². The van der Waals surface area contributed by atoms with Crippen LogP contribution in [0.25, 0.3) is 0 Å². The number of aryl methyl sites for hydroxylation is 2. The number of aromatic nitrogens is 2. The van der Waals surface area contributed by atoms with Gasteiger partial charge in [-0.3, -0.25) is 0 Å². The van der Waals surface area contributed by atoms with Crippen molar-refractivity contribution in [3.63, 3.8) is 0 Å². The lowest BCUT2D eigenvalue weighted by Gasteiger charge is -2.14. The van der Waals surface area contributed by atoms with Crippen LogP contribution in [-0.4, -0.2) is 9.55 Å². The minimum absolute atomic E-state index is 0.386. The fourth-order valence-corrected chi connectivity index (χ4v) is 2.05. The molecule has 0 fully saturated rings. The van der Waals surface area contributed by atoms with Gasteiger partial charge in [0.05, 0.1) is 5.69 Å². The molecule has 0 aliphatic rings. The van der Waals surface area contributed by atoms with Crippen molar-refractivity contribution in [3.05, 3.63) is 47.8 Å². The van der Waals surface area contributed by atoms with E-state index in [1.54, 1.807) is 0 Å². The van der Waals surface area contributed by atoms with Crippen molar-refractivity contribution in [1.82, 2.24) is 9.55 Å². The highest BCUT2D eigenvalue weighted by molar-refractivity contribution is 5.22. The highest BCUT2D eigenvalue weighted by atomic mass is 15.2. The monoisotopic (exact) mass is 229 g/mol. The van der Waals surface area contributed by atoms with Gasteiger partial charge in [-0.15, -0.1) is 0 Å². The lowest BCUT2D eigenvalue weighted by molar-refractivity contribution is 0.513. The van der Waals surface area contributed by atoms with Crippen molar-refractivity contribution in [1.29, 1.82) is 0 Å². The first kappa shape index (κ1) is 11.7. The second-order valence-electron chi connectivity index (χ2n) is 4.52. The predicted octanol–water partition coefficient (Wildman–Crippen LogP) is 2.97. The van der Waals surface area contributed by atoms with Crippen LogP contribution < -0.4 is 5.73 Å². The summed E-state index contributed by atoms with van der Waals surface area (Å²) in [5, 5.41) is 0. The number of rotatable bonds is 4. The van der Waals surface area contributed by atoms with E-state index in [1.165, 1.54) is 5.56 Å². The number of nitrogen functional groups attached to an aromatic ring is 1. The van der Waals surface area contributed by atoms with Crippen molar-refractivity contribution >= 4 is 5.95 Å². The van der Waals surface area contributed by atoms with Gasteiger partial charge < -0.3 is 10.3 Å². The van der Waals surface area contributed by atoms with Crippen molar-refractivity contribution in [2.45, 2.75) is 32.7 Å². The van der Waals surface area contributed by atoms with Crippen molar-refractivity contribution in [3.8, 4) is 0 Å². The average molecular weight is 229 g/mol. The SMILES string of the molecule is Cc1cn(C(C)CCc2ccccc2)c(N)n1. The number of hydrogen-bond donors (Lipinski definition) is 1. The standard InChI is InChI=1S/C14H19N3/c1-11-10-17(14(15)16-11)12(2)8-9-13-6-4-3-5-7-13/h3-7,10,12H,8-9H2,1-2H3,(H2,15,16). The Labute approximate surface area is 102 Å². The molecule has 1 aromatic heterocycles. The van der Waals surface area contributed by atoms with Crippen LogP contribution >= 0.6 is 0 Å². The maximum absolute atomic E-state index is 5.86. The summed E-state index contributed by atoms with van der Waals surface area (Å²) in [6.45, 7) is 4.15. The first-order valence-corrected chi connectivity index (χ1v) is 6.01. The van der Waals surface area contributed by atoms with Crippen molar-refractivity contribution < 1.29 is 0 Å². The van der Waals surface area contributed by atoms with Gasteiger partial charge in [0.15, 0.2) is 0 Å². The van der Waals surface area contributed by atoms with Crippen LogP contribution in [0.15, 0.2) is 36.5 Å². The molecule has 1 heterocycles. The largest absolute Gasteiger partial charge is 0.369 e. The van der Waals surface area contributed by atoms with Crippen LogP contribution in [0.1, 0.15) is 30.6 Å². The lowest BCUT2D eigenvalue weighted by Crippen LogP contribution is -2.08. The minimum atomic E-state index is 0.386. The highest BCUT2D eigenvalue weighted by Gasteiger charge is 2.09. The van der Waals surface area contributed by atoms with Crippen LogP contribution in [0.5, 0.6) is 0 Å². The molecule has 1 unspecified atom stereocenters. The number of imidazole rings is 1. The number of hydrogen-bond acceptors (Lipinski definition) is 2. The van der Waals surface area contributed by atoms with E-state index >= 15 is 0 Å². The summed E-state index contributed by atoms with van der Waals surface area (Å²) >= 11 is 0. The maximum atomic E-state index is 5.86. The van der Waals surface area contributed by atoms with Crippen LogP contribution in [0.2, 0.25) is 0 Å². The molecule has 2 aromatic rings. The zero-order valence-corrected chi connectivity index (χ0v) is 10.4. The third kappa shape index (κ3) is 2.87. The van der Waals surface area contributed by atoms with Gasteiger partial charge in [-0.2, -0.15) is 0 Å². The zero-order chi connectivity index (χ0) is 12.3. The molecule has 3 heteroatoms. The Morgan fingerprint density at radius 1 is 1.29 bits per heavy atom. The summed E-state index contributed by atoms with van der Waals surface area (Å²) in [7, 11) is 0. The number of benzene rings is 1. The smallest absolute Gasteiger partial charge is 0.200 e. The van der Waals surface area contributed by atoms with Gasteiger partial charge in [-0.05, 0) is 32.3 Å². The van der Waals surface area contributed by atoms with Crippen LogP contribution in [0.4, 0.5) is 5.95 Å². The van der Waals surface area contributed by atoms with Gasteiger partial charge in [0, 0.05) is 12.2 Å². The first-order chi connectivity index (χ1) is 8.16. The quantitative estimate of drug-likeness (QED) is 0.876. The molecule has 2 N–H and O–H groups in total. The number of anilines is 1. The second-order valence-corrected chi connectivity index (χ2v) is 4.52. The Bertz CT molecular complexity index is 473. The lowest BCUT2D eigenvalue weighted by atomic mass is 10.1. The Balaban J connectivity index is 1.98. The molecule has 1 atom stereocenters. The molecule has 90 valence electrons. The molecular formula is C14H19N3. The summed E-state index contributed by atoms with van der Waals surface area (Å²) in [5.74, 6) is 0.614. The van der Waals surface area contributed by atoms with Crippen molar-refractivity contribution in [2.24, 2.45) is 0 Å². The molecule has 17 heavy (non-hydrogen) atoms. The second kappa shape index (κ2) is 5.04.